The molecule has 0 fully saturated rings. The Hall–Kier alpha value is -2.82. The van der Waals surface area contributed by atoms with E-state index in [0.29, 0.717) is 18.2 Å². The molecule has 2 aromatic rings. The fourth-order valence-electron chi connectivity index (χ4n) is 2.95. The first-order valence-electron chi connectivity index (χ1n) is 10.4. The summed E-state index contributed by atoms with van der Waals surface area (Å²) in [5, 5.41) is 9.79. The lowest BCUT2D eigenvalue weighted by Crippen LogP contribution is -2.42. The van der Waals surface area contributed by atoms with Crippen molar-refractivity contribution in [3.8, 4) is 0 Å². The van der Waals surface area contributed by atoms with E-state index in [9.17, 15) is 4.79 Å². The predicted molar refractivity (Wildman–Crippen MR) is 121 cm³/mol. The molecule has 0 heterocycles. The van der Waals surface area contributed by atoms with Crippen molar-refractivity contribution >= 4 is 11.9 Å². The van der Waals surface area contributed by atoms with Crippen molar-refractivity contribution in [3.05, 3.63) is 71.3 Å². The van der Waals surface area contributed by atoms with Crippen molar-refractivity contribution in [1.29, 1.82) is 0 Å². The van der Waals surface area contributed by atoms with Gasteiger partial charge in [0, 0.05) is 31.2 Å². The molecule has 0 spiro atoms. The monoisotopic (exact) mass is 394 g/mol. The molecule has 2 atom stereocenters. The summed E-state index contributed by atoms with van der Waals surface area (Å²) in [5.41, 5.74) is 3.07. The number of guanidine groups is 1. The first-order valence-corrected chi connectivity index (χ1v) is 10.4. The van der Waals surface area contributed by atoms with Crippen LogP contribution in [0.25, 0.3) is 0 Å². The summed E-state index contributed by atoms with van der Waals surface area (Å²) in [6, 6.07) is 18.7. The Morgan fingerprint density at radius 3 is 2.38 bits per heavy atom. The third-order valence-corrected chi connectivity index (χ3v) is 4.95. The molecule has 0 bridgehead atoms. The SMILES string of the molecule is CCC(C)NC(=O)c1cccc(CNC(=NC)NC(C)CCc2ccccc2)c1. The van der Waals surface area contributed by atoms with Gasteiger partial charge < -0.3 is 16.0 Å². The molecule has 5 heteroatoms. The van der Waals surface area contributed by atoms with E-state index < -0.39 is 0 Å². The summed E-state index contributed by atoms with van der Waals surface area (Å²) < 4.78 is 0. The van der Waals surface area contributed by atoms with Gasteiger partial charge in [-0.05, 0) is 56.4 Å². The zero-order valence-electron chi connectivity index (χ0n) is 18.0. The van der Waals surface area contributed by atoms with Gasteiger partial charge in [0.05, 0.1) is 0 Å². The maximum atomic E-state index is 12.3. The van der Waals surface area contributed by atoms with E-state index in [1.165, 1.54) is 5.56 Å². The van der Waals surface area contributed by atoms with Crippen LogP contribution >= 0.6 is 0 Å². The van der Waals surface area contributed by atoms with Crippen molar-refractivity contribution < 1.29 is 4.79 Å². The van der Waals surface area contributed by atoms with Crippen LogP contribution < -0.4 is 16.0 Å². The molecular weight excluding hydrogens is 360 g/mol. The van der Waals surface area contributed by atoms with Crippen molar-refractivity contribution in [2.75, 3.05) is 7.05 Å². The minimum Gasteiger partial charge on any atom is -0.354 e. The Morgan fingerprint density at radius 2 is 1.69 bits per heavy atom. The quantitative estimate of drug-likeness (QED) is 0.446. The molecule has 0 saturated carbocycles. The van der Waals surface area contributed by atoms with E-state index in [1.807, 2.05) is 37.3 Å². The molecule has 3 N–H and O–H groups in total. The van der Waals surface area contributed by atoms with E-state index in [1.54, 1.807) is 7.05 Å². The molecule has 0 aromatic heterocycles. The number of aliphatic imine (C=N–C) groups is 1. The van der Waals surface area contributed by atoms with Crippen LogP contribution in [-0.2, 0) is 13.0 Å². The van der Waals surface area contributed by atoms with Crippen molar-refractivity contribution in [1.82, 2.24) is 16.0 Å². The third kappa shape index (κ3) is 7.98. The van der Waals surface area contributed by atoms with Gasteiger partial charge >= 0.3 is 0 Å². The Bertz CT molecular complexity index is 788. The highest BCUT2D eigenvalue weighted by atomic mass is 16.1. The van der Waals surface area contributed by atoms with Gasteiger partial charge in [0.15, 0.2) is 5.96 Å². The second-order valence-electron chi connectivity index (χ2n) is 7.48. The van der Waals surface area contributed by atoms with Crippen LogP contribution in [0.5, 0.6) is 0 Å². The van der Waals surface area contributed by atoms with E-state index in [-0.39, 0.29) is 11.9 Å². The number of carbonyl (C=O) groups excluding carboxylic acids is 1. The molecule has 0 aliphatic heterocycles. The van der Waals surface area contributed by atoms with E-state index in [2.05, 4.69) is 59.1 Å². The van der Waals surface area contributed by atoms with E-state index in [4.69, 9.17) is 0 Å². The largest absolute Gasteiger partial charge is 0.354 e. The smallest absolute Gasteiger partial charge is 0.251 e. The number of hydrogen-bond acceptors (Lipinski definition) is 2. The number of rotatable bonds is 9. The van der Waals surface area contributed by atoms with Crippen LogP contribution in [0.4, 0.5) is 0 Å². The van der Waals surface area contributed by atoms with Gasteiger partial charge in [0.2, 0.25) is 0 Å². The summed E-state index contributed by atoms with van der Waals surface area (Å²) >= 11 is 0. The lowest BCUT2D eigenvalue weighted by molar-refractivity contribution is 0.0939. The fraction of sp³-hybridized carbons (Fsp3) is 0.417. The van der Waals surface area contributed by atoms with Gasteiger partial charge in [-0.3, -0.25) is 9.79 Å². The highest BCUT2D eigenvalue weighted by Gasteiger charge is 2.10. The fourth-order valence-corrected chi connectivity index (χ4v) is 2.95. The van der Waals surface area contributed by atoms with Gasteiger partial charge in [-0.25, -0.2) is 0 Å². The summed E-state index contributed by atoms with van der Waals surface area (Å²) in [4.78, 5) is 16.6. The zero-order chi connectivity index (χ0) is 21.1. The van der Waals surface area contributed by atoms with Crippen molar-refractivity contribution in [2.45, 2.75) is 58.7 Å². The molecule has 156 valence electrons. The molecule has 1 amide bonds. The van der Waals surface area contributed by atoms with Gasteiger partial charge in [-0.15, -0.1) is 0 Å². The number of carbonyl (C=O) groups is 1. The van der Waals surface area contributed by atoms with Gasteiger partial charge in [0.25, 0.3) is 5.91 Å². The molecule has 0 radical (unpaired) electrons. The molecule has 5 nitrogen and oxygen atoms in total. The van der Waals surface area contributed by atoms with E-state index in [0.717, 1.165) is 30.8 Å². The molecule has 2 unspecified atom stereocenters. The molecule has 0 saturated heterocycles. The van der Waals surface area contributed by atoms with Crippen LogP contribution in [0.3, 0.4) is 0 Å². The molecule has 0 aliphatic rings. The predicted octanol–water partition coefficient (Wildman–Crippen LogP) is 3.90. The first kappa shape index (κ1) is 22.5. The number of aryl methyl sites for hydroxylation is 1. The summed E-state index contributed by atoms with van der Waals surface area (Å²) in [6.07, 6.45) is 2.97. The minimum atomic E-state index is -0.0294. The summed E-state index contributed by atoms with van der Waals surface area (Å²) in [5.74, 6) is 0.735. The lowest BCUT2D eigenvalue weighted by atomic mass is 10.1. The topological polar surface area (TPSA) is 65.5 Å². The summed E-state index contributed by atoms with van der Waals surface area (Å²) in [7, 11) is 1.77. The number of nitrogens with one attached hydrogen (secondary N) is 3. The lowest BCUT2D eigenvalue weighted by Gasteiger charge is -2.18. The summed E-state index contributed by atoms with van der Waals surface area (Å²) in [6.45, 7) is 6.84. The maximum absolute atomic E-state index is 12.3. The number of benzene rings is 2. The second-order valence-corrected chi connectivity index (χ2v) is 7.48. The highest BCUT2D eigenvalue weighted by Crippen LogP contribution is 2.07. The zero-order valence-corrected chi connectivity index (χ0v) is 18.0. The van der Waals surface area contributed by atoms with E-state index >= 15 is 0 Å². The molecule has 2 rings (SSSR count). The normalized spacial score (nSPS) is 13.4. The average molecular weight is 395 g/mol. The van der Waals surface area contributed by atoms with Crippen molar-refractivity contribution in [2.24, 2.45) is 4.99 Å². The Balaban J connectivity index is 1.84. The number of nitrogens with zero attached hydrogens (tertiary/aromatic N) is 1. The van der Waals surface area contributed by atoms with Crippen LogP contribution in [0.15, 0.2) is 59.6 Å². The van der Waals surface area contributed by atoms with Gasteiger partial charge in [-0.1, -0.05) is 49.4 Å². The minimum absolute atomic E-state index is 0.0294. The van der Waals surface area contributed by atoms with Gasteiger partial charge in [0.1, 0.15) is 0 Å². The van der Waals surface area contributed by atoms with Crippen LogP contribution in [-0.4, -0.2) is 31.0 Å². The third-order valence-electron chi connectivity index (χ3n) is 4.95. The number of amides is 1. The standard InChI is InChI=1S/C24H34N4O/c1-5-18(2)27-23(29)22-13-9-12-21(16-22)17-26-24(25-4)28-19(3)14-15-20-10-7-6-8-11-20/h6-13,16,18-19H,5,14-15,17H2,1-4H3,(H,27,29)(H2,25,26,28). The van der Waals surface area contributed by atoms with Crippen LogP contribution in [0.2, 0.25) is 0 Å². The van der Waals surface area contributed by atoms with Crippen LogP contribution in [0.1, 0.15) is 55.1 Å². The Morgan fingerprint density at radius 1 is 0.966 bits per heavy atom. The first-order chi connectivity index (χ1) is 14.0. The van der Waals surface area contributed by atoms with Crippen molar-refractivity contribution in [3.63, 3.8) is 0 Å². The molecule has 2 aromatic carbocycles. The molecule has 29 heavy (non-hydrogen) atoms. The molecular formula is C24H34N4O. The molecule has 0 aliphatic carbocycles. The van der Waals surface area contributed by atoms with Crippen LogP contribution in [0, 0.1) is 0 Å². The second kappa shape index (κ2) is 11.9. The van der Waals surface area contributed by atoms with Gasteiger partial charge in [-0.2, -0.15) is 0 Å². The Labute approximate surface area is 175 Å². The average Bonchev–Trinajstić information content (AvgIpc) is 2.75. The Kier molecular flexibility index (Phi) is 9.22. The number of hydrogen-bond donors (Lipinski definition) is 3. The highest BCUT2D eigenvalue weighted by molar-refractivity contribution is 5.94. The maximum Gasteiger partial charge on any atom is 0.251 e.